The van der Waals surface area contributed by atoms with Gasteiger partial charge >= 0.3 is 6.03 Å². The second-order valence-electron chi connectivity index (χ2n) is 15.7. The summed E-state index contributed by atoms with van der Waals surface area (Å²) in [5.74, 6) is -0.175. The molecule has 0 N–H and O–H groups in total. The maximum atomic E-state index is 14.3. The Labute approximate surface area is 307 Å². The molecule has 4 amide bonds. The molecule has 10 heteroatoms. The van der Waals surface area contributed by atoms with Crippen molar-refractivity contribution in [1.29, 1.82) is 0 Å². The Hall–Kier alpha value is -4.47. The lowest BCUT2D eigenvalue weighted by Crippen LogP contribution is -2.62. The van der Waals surface area contributed by atoms with Crippen LogP contribution in [0.3, 0.4) is 0 Å². The molecule has 0 atom stereocenters. The van der Waals surface area contributed by atoms with Gasteiger partial charge in [-0.15, -0.1) is 0 Å². The second kappa shape index (κ2) is 15.2. The minimum atomic E-state index is -0.495. The molecule has 10 nitrogen and oxygen atoms in total. The molecule has 0 radical (unpaired) electrons. The summed E-state index contributed by atoms with van der Waals surface area (Å²) in [5, 5.41) is 12.0. The summed E-state index contributed by atoms with van der Waals surface area (Å²) in [5.41, 5.74) is 3.57. The molecule has 276 valence electrons. The maximum absolute atomic E-state index is 14.3. The quantitative estimate of drug-likeness (QED) is 0.111. The number of barbiturate groups is 1. The first-order valence-corrected chi connectivity index (χ1v) is 19.6. The zero-order valence-electron chi connectivity index (χ0n) is 30.7. The number of carbonyl (C=O) groups is 3. The van der Waals surface area contributed by atoms with Gasteiger partial charge in [0.2, 0.25) is 0 Å². The average Bonchev–Trinajstić information content (AvgIpc) is 3.39. The minimum absolute atomic E-state index is 0.0387. The third kappa shape index (κ3) is 6.88. The Morgan fingerprint density at radius 3 is 1.94 bits per heavy atom. The van der Waals surface area contributed by atoms with Crippen molar-refractivity contribution >= 4 is 29.2 Å². The normalized spacial score (nSPS) is 22.1. The van der Waals surface area contributed by atoms with Crippen LogP contribution in [0, 0.1) is 10.1 Å². The average molecular weight is 709 g/mol. The van der Waals surface area contributed by atoms with E-state index in [1.807, 2.05) is 38.1 Å². The standard InChI is InChI=1S/C42H52N4O6/c1-29(2)52-34-19-16-30(17-20-34)24-27-43-37-22-18-33(46(50)51)28-36(37)42(25-10-5-11-26-42)38(43)23-21-35-39(47)44(31-12-6-3-7-13-31)41(49)45(40(35)48)32-14-8-4-9-15-32/h16-23,28-29,31-32H,3-15,24-27H2,1-2H3/b38-23+. The summed E-state index contributed by atoms with van der Waals surface area (Å²) in [6, 6.07) is 12.4. The molecule has 0 unspecified atom stereocenters. The van der Waals surface area contributed by atoms with Crippen LogP contribution < -0.4 is 9.64 Å². The first-order chi connectivity index (χ1) is 25.2. The summed E-state index contributed by atoms with van der Waals surface area (Å²) in [6.07, 6.45) is 18.1. The highest BCUT2D eigenvalue weighted by Gasteiger charge is 2.50. The number of rotatable bonds is 9. The Kier molecular flexibility index (Phi) is 10.5. The summed E-state index contributed by atoms with van der Waals surface area (Å²) < 4.78 is 5.86. The number of nitro groups is 1. The predicted molar refractivity (Wildman–Crippen MR) is 200 cm³/mol. The van der Waals surface area contributed by atoms with Gasteiger partial charge in [0.1, 0.15) is 11.3 Å². The highest BCUT2D eigenvalue weighted by molar-refractivity contribution is 6.29. The van der Waals surface area contributed by atoms with E-state index in [2.05, 4.69) is 17.0 Å². The fourth-order valence-corrected chi connectivity index (χ4v) is 9.47. The first-order valence-electron chi connectivity index (χ1n) is 19.6. The van der Waals surface area contributed by atoms with Crippen LogP contribution in [0.2, 0.25) is 0 Å². The van der Waals surface area contributed by atoms with Crippen molar-refractivity contribution in [2.75, 3.05) is 11.4 Å². The van der Waals surface area contributed by atoms with Crippen LogP contribution in [0.25, 0.3) is 0 Å². The van der Waals surface area contributed by atoms with Gasteiger partial charge in [0.05, 0.1) is 11.0 Å². The fourth-order valence-electron chi connectivity index (χ4n) is 9.47. The number of carbonyl (C=O) groups excluding carboxylic acids is 3. The Morgan fingerprint density at radius 1 is 0.808 bits per heavy atom. The SMILES string of the molecule is CC(C)Oc1ccc(CCN2/C(=C/C=C3C(=O)N(C4CCCCC4)C(=O)N(C4CCCCC4)C3=O)C3(CCCCC3)c3cc([N+](=O)[O-])ccc32)cc1. The number of allylic oxidation sites excluding steroid dienone is 3. The van der Waals surface area contributed by atoms with E-state index in [0.717, 1.165) is 125 Å². The molecule has 2 aliphatic heterocycles. The van der Waals surface area contributed by atoms with E-state index in [9.17, 15) is 24.5 Å². The van der Waals surface area contributed by atoms with Gasteiger partial charge in [-0.05, 0) is 100 Å². The fraction of sp³-hybridized carbons (Fsp3) is 0.548. The third-order valence-corrected chi connectivity index (χ3v) is 12.0. The minimum Gasteiger partial charge on any atom is -0.491 e. The number of nitro benzene ring substituents is 1. The number of fused-ring (bicyclic) bond motifs is 2. The van der Waals surface area contributed by atoms with E-state index in [4.69, 9.17) is 4.74 Å². The smallest absolute Gasteiger partial charge is 0.334 e. The number of nitrogens with zero attached hydrogens (tertiary/aromatic N) is 4. The maximum Gasteiger partial charge on any atom is 0.334 e. The molecule has 2 heterocycles. The molecule has 7 rings (SSSR count). The molecule has 4 fully saturated rings. The van der Waals surface area contributed by atoms with Crippen molar-refractivity contribution in [3.63, 3.8) is 0 Å². The van der Waals surface area contributed by atoms with E-state index in [-0.39, 0.29) is 34.4 Å². The van der Waals surface area contributed by atoms with Crippen molar-refractivity contribution in [1.82, 2.24) is 9.80 Å². The summed E-state index contributed by atoms with van der Waals surface area (Å²) in [7, 11) is 0. The van der Waals surface area contributed by atoms with Crippen LogP contribution >= 0.6 is 0 Å². The molecule has 3 saturated carbocycles. The summed E-state index contributed by atoms with van der Waals surface area (Å²) in [6.45, 7) is 4.61. The molecule has 0 aromatic heterocycles. The number of hydrogen-bond acceptors (Lipinski definition) is 7. The molecular weight excluding hydrogens is 656 g/mol. The predicted octanol–water partition coefficient (Wildman–Crippen LogP) is 8.91. The largest absolute Gasteiger partial charge is 0.491 e. The monoisotopic (exact) mass is 708 g/mol. The number of imide groups is 2. The van der Waals surface area contributed by atoms with Crippen LogP contribution in [-0.4, -0.2) is 57.3 Å². The number of benzene rings is 2. The highest BCUT2D eigenvalue weighted by atomic mass is 16.6. The van der Waals surface area contributed by atoms with E-state index >= 15 is 0 Å². The van der Waals surface area contributed by atoms with Gasteiger partial charge in [-0.3, -0.25) is 29.5 Å². The van der Waals surface area contributed by atoms with Crippen molar-refractivity contribution in [2.24, 2.45) is 0 Å². The van der Waals surface area contributed by atoms with Crippen molar-refractivity contribution in [3.8, 4) is 5.75 Å². The van der Waals surface area contributed by atoms with E-state index in [0.29, 0.717) is 13.0 Å². The topological polar surface area (TPSA) is 113 Å². The summed E-state index contributed by atoms with van der Waals surface area (Å²) >= 11 is 0. The Balaban J connectivity index is 1.30. The highest BCUT2D eigenvalue weighted by Crippen LogP contribution is 2.56. The zero-order chi connectivity index (χ0) is 36.4. The number of anilines is 1. The van der Waals surface area contributed by atoms with Gasteiger partial charge in [-0.2, -0.15) is 0 Å². The number of ether oxygens (including phenoxy) is 1. The molecular formula is C42H52N4O6. The van der Waals surface area contributed by atoms with E-state index in [1.54, 1.807) is 18.2 Å². The molecule has 3 aliphatic carbocycles. The van der Waals surface area contributed by atoms with E-state index in [1.165, 1.54) is 9.80 Å². The second-order valence-corrected chi connectivity index (χ2v) is 15.7. The van der Waals surface area contributed by atoms with Gasteiger partial charge in [0.25, 0.3) is 17.5 Å². The van der Waals surface area contributed by atoms with Gasteiger partial charge in [0, 0.05) is 47.6 Å². The Morgan fingerprint density at radius 2 is 1.38 bits per heavy atom. The van der Waals surface area contributed by atoms with Crippen LogP contribution in [-0.2, 0) is 21.4 Å². The lowest BCUT2D eigenvalue weighted by molar-refractivity contribution is -0.384. The van der Waals surface area contributed by atoms with E-state index < -0.39 is 23.3 Å². The van der Waals surface area contributed by atoms with Crippen LogP contribution in [0.5, 0.6) is 5.75 Å². The van der Waals surface area contributed by atoms with Crippen molar-refractivity contribution < 1.29 is 24.0 Å². The van der Waals surface area contributed by atoms with Gasteiger partial charge < -0.3 is 9.64 Å². The van der Waals surface area contributed by atoms with Gasteiger partial charge in [-0.25, -0.2) is 4.79 Å². The number of hydrogen-bond donors (Lipinski definition) is 0. The molecule has 1 saturated heterocycles. The molecule has 2 aromatic rings. The number of urea groups is 1. The molecule has 0 bridgehead atoms. The van der Waals surface area contributed by atoms with Crippen LogP contribution in [0.4, 0.5) is 16.2 Å². The molecule has 52 heavy (non-hydrogen) atoms. The van der Waals surface area contributed by atoms with Gasteiger partial charge in [0.15, 0.2) is 0 Å². The Bertz CT molecular complexity index is 1700. The molecule has 1 spiro atoms. The lowest BCUT2D eigenvalue weighted by Gasteiger charge is -2.43. The van der Waals surface area contributed by atoms with Crippen LogP contribution in [0.1, 0.15) is 121 Å². The first kappa shape index (κ1) is 35.9. The number of amides is 4. The molecule has 2 aromatic carbocycles. The van der Waals surface area contributed by atoms with Gasteiger partial charge in [-0.1, -0.05) is 69.9 Å². The van der Waals surface area contributed by atoms with Crippen molar-refractivity contribution in [2.45, 2.75) is 140 Å². The zero-order valence-corrected chi connectivity index (χ0v) is 30.7. The number of non-ortho nitro benzene ring substituents is 1. The third-order valence-electron chi connectivity index (χ3n) is 12.0. The molecule has 5 aliphatic rings. The van der Waals surface area contributed by atoms with Crippen molar-refractivity contribution in [3.05, 3.63) is 87.1 Å². The summed E-state index contributed by atoms with van der Waals surface area (Å²) in [4.78, 5) is 59.5. The van der Waals surface area contributed by atoms with Crippen LogP contribution in [0.15, 0.2) is 65.9 Å². The lowest BCUT2D eigenvalue weighted by atomic mass is 9.68.